The Hall–Kier alpha value is -3.30. The molecule has 200 valence electrons. The fourth-order valence-corrected chi connectivity index (χ4v) is 5.38. The summed E-state index contributed by atoms with van der Waals surface area (Å²) in [5, 5.41) is 6.80. The average molecular weight is 553 g/mol. The number of halogens is 1. The van der Waals surface area contributed by atoms with Crippen LogP contribution < -0.4 is 15.5 Å². The van der Waals surface area contributed by atoms with E-state index in [1.807, 2.05) is 67.3 Å². The summed E-state index contributed by atoms with van der Waals surface area (Å²) >= 11 is 7.59. The summed E-state index contributed by atoms with van der Waals surface area (Å²) < 4.78 is 0. The quantitative estimate of drug-likeness (QED) is 0.230. The third-order valence-corrected chi connectivity index (χ3v) is 7.39. The Balaban J connectivity index is 1.38. The minimum atomic E-state index is -0.148. The van der Waals surface area contributed by atoms with Crippen molar-refractivity contribution in [2.45, 2.75) is 37.5 Å². The van der Waals surface area contributed by atoms with Crippen LogP contribution in [0.5, 0.6) is 0 Å². The number of nitrogens with one attached hydrogen (secondary N) is 2. The fraction of sp³-hybridized carbons (Fsp3) is 0.357. The molecule has 0 radical (unpaired) electrons. The van der Waals surface area contributed by atoms with Crippen LogP contribution in [0.1, 0.15) is 31.0 Å². The molecule has 0 unspecified atom stereocenters. The summed E-state index contributed by atoms with van der Waals surface area (Å²) in [4.78, 5) is 38.2. The maximum atomic E-state index is 13.0. The summed E-state index contributed by atoms with van der Waals surface area (Å²) in [5.74, 6) is 0.759. The summed E-state index contributed by atoms with van der Waals surface area (Å²) in [6.07, 6.45) is 0.694. The van der Waals surface area contributed by atoms with Gasteiger partial charge in [0.05, 0.1) is 11.8 Å². The summed E-state index contributed by atoms with van der Waals surface area (Å²) in [7, 11) is 0. The molecule has 0 spiro atoms. The lowest BCUT2D eigenvalue weighted by Crippen LogP contribution is -2.56. The van der Waals surface area contributed by atoms with Crippen LogP contribution in [0.15, 0.2) is 71.9 Å². The number of carbonyl (C=O) groups is 2. The molecule has 0 saturated carbocycles. The highest BCUT2D eigenvalue weighted by atomic mass is 35.5. The molecule has 1 saturated heterocycles. The molecule has 3 amide bonds. The van der Waals surface area contributed by atoms with Gasteiger partial charge in [-0.05, 0) is 31.4 Å². The molecule has 2 atom stereocenters. The molecule has 0 bridgehead atoms. The zero-order chi connectivity index (χ0) is 26.9. The molecule has 0 aliphatic carbocycles. The van der Waals surface area contributed by atoms with Gasteiger partial charge >= 0.3 is 6.03 Å². The van der Waals surface area contributed by atoms with Gasteiger partial charge in [-0.1, -0.05) is 84.0 Å². The van der Waals surface area contributed by atoms with Gasteiger partial charge in [0.15, 0.2) is 5.16 Å². The van der Waals surface area contributed by atoms with Crippen molar-refractivity contribution < 1.29 is 9.59 Å². The Bertz CT molecular complexity index is 1220. The van der Waals surface area contributed by atoms with E-state index in [1.165, 1.54) is 11.8 Å². The topological polar surface area (TPSA) is 90.5 Å². The Kier molecular flexibility index (Phi) is 9.84. The molecule has 2 N–H and O–H groups in total. The molecular weight excluding hydrogens is 520 g/mol. The number of thioether (sulfide) groups is 1. The van der Waals surface area contributed by atoms with E-state index in [-0.39, 0.29) is 29.8 Å². The first-order chi connectivity index (χ1) is 18.4. The molecule has 38 heavy (non-hydrogen) atoms. The van der Waals surface area contributed by atoms with Gasteiger partial charge in [0.1, 0.15) is 11.0 Å². The van der Waals surface area contributed by atoms with Gasteiger partial charge in [-0.25, -0.2) is 14.8 Å². The van der Waals surface area contributed by atoms with Crippen LogP contribution in [0.2, 0.25) is 5.15 Å². The zero-order valence-electron chi connectivity index (χ0n) is 21.6. The van der Waals surface area contributed by atoms with Crippen LogP contribution in [-0.4, -0.2) is 64.8 Å². The van der Waals surface area contributed by atoms with Crippen LogP contribution in [0, 0.1) is 0 Å². The minimum Gasteiger partial charge on any atom is -0.353 e. The van der Waals surface area contributed by atoms with E-state index in [0.29, 0.717) is 48.7 Å². The van der Waals surface area contributed by atoms with Gasteiger partial charge in [0.25, 0.3) is 0 Å². The molecule has 8 nitrogen and oxygen atoms in total. The summed E-state index contributed by atoms with van der Waals surface area (Å²) in [6.45, 7) is 6.38. The van der Waals surface area contributed by atoms with E-state index in [4.69, 9.17) is 11.6 Å². The molecular formula is C28H33ClN6O2S. The van der Waals surface area contributed by atoms with Crippen molar-refractivity contribution in [3.63, 3.8) is 0 Å². The van der Waals surface area contributed by atoms with Crippen LogP contribution in [0.25, 0.3) is 0 Å². The lowest BCUT2D eigenvalue weighted by atomic mass is 9.99. The molecule has 1 aliphatic rings. The van der Waals surface area contributed by atoms with Crippen molar-refractivity contribution in [2.24, 2.45) is 0 Å². The van der Waals surface area contributed by atoms with Gasteiger partial charge in [0, 0.05) is 38.3 Å². The highest BCUT2D eigenvalue weighted by molar-refractivity contribution is 7.99. The number of urea groups is 1. The van der Waals surface area contributed by atoms with Crippen LogP contribution in [-0.2, 0) is 11.2 Å². The molecule has 1 aromatic heterocycles. The fourth-order valence-electron chi connectivity index (χ4n) is 4.49. The van der Waals surface area contributed by atoms with E-state index in [9.17, 15) is 9.59 Å². The SMILES string of the molecule is CCNC(=O)N1CCN(c2cc(Cl)nc(SCC(=O)N[C@@H](Cc3ccccc3)c3ccccc3)n2)C[C@H]1C. The first-order valence-corrected chi connectivity index (χ1v) is 14.1. The van der Waals surface area contributed by atoms with Gasteiger partial charge in [-0.3, -0.25) is 4.79 Å². The van der Waals surface area contributed by atoms with E-state index in [0.717, 1.165) is 11.1 Å². The number of carbonyl (C=O) groups excluding carboxylic acids is 2. The number of hydrogen-bond donors (Lipinski definition) is 2. The average Bonchev–Trinajstić information content (AvgIpc) is 2.92. The van der Waals surface area contributed by atoms with Gasteiger partial charge in [-0.15, -0.1) is 0 Å². The molecule has 3 aromatic rings. The number of piperazine rings is 1. The van der Waals surface area contributed by atoms with Crippen molar-refractivity contribution in [2.75, 3.05) is 36.8 Å². The zero-order valence-corrected chi connectivity index (χ0v) is 23.2. The number of anilines is 1. The highest BCUT2D eigenvalue weighted by Gasteiger charge is 2.28. The normalized spacial score (nSPS) is 16.1. The van der Waals surface area contributed by atoms with E-state index in [1.54, 1.807) is 6.07 Å². The summed E-state index contributed by atoms with van der Waals surface area (Å²) in [6, 6.07) is 21.6. The Morgan fingerprint density at radius 3 is 2.47 bits per heavy atom. The first-order valence-electron chi connectivity index (χ1n) is 12.8. The second-order valence-electron chi connectivity index (χ2n) is 9.16. The minimum absolute atomic E-state index is 0.0189. The Morgan fingerprint density at radius 2 is 1.79 bits per heavy atom. The van der Waals surface area contributed by atoms with Gasteiger partial charge in [-0.2, -0.15) is 0 Å². The second kappa shape index (κ2) is 13.5. The van der Waals surface area contributed by atoms with Crippen molar-refractivity contribution in [3.05, 3.63) is 83.0 Å². The molecule has 1 aliphatic heterocycles. The van der Waals surface area contributed by atoms with E-state index in [2.05, 4.69) is 37.6 Å². The number of aromatic nitrogens is 2. The van der Waals surface area contributed by atoms with E-state index < -0.39 is 0 Å². The number of hydrogen-bond acceptors (Lipinski definition) is 6. The monoisotopic (exact) mass is 552 g/mol. The van der Waals surface area contributed by atoms with Crippen LogP contribution >= 0.6 is 23.4 Å². The van der Waals surface area contributed by atoms with Crippen LogP contribution in [0.3, 0.4) is 0 Å². The van der Waals surface area contributed by atoms with Crippen molar-refractivity contribution in [1.29, 1.82) is 0 Å². The Labute approximate surface area is 233 Å². The second-order valence-corrected chi connectivity index (χ2v) is 10.5. The van der Waals surface area contributed by atoms with Crippen LogP contribution in [0.4, 0.5) is 10.6 Å². The van der Waals surface area contributed by atoms with Gasteiger partial charge in [0.2, 0.25) is 5.91 Å². The third kappa shape index (κ3) is 7.61. The van der Waals surface area contributed by atoms with E-state index >= 15 is 0 Å². The summed E-state index contributed by atoms with van der Waals surface area (Å²) in [5.41, 5.74) is 2.20. The smallest absolute Gasteiger partial charge is 0.317 e. The predicted octanol–water partition coefficient (Wildman–Crippen LogP) is 4.56. The molecule has 1 fully saturated rings. The molecule has 4 rings (SSSR count). The van der Waals surface area contributed by atoms with Crippen molar-refractivity contribution in [3.8, 4) is 0 Å². The highest BCUT2D eigenvalue weighted by Crippen LogP contribution is 2.25. The van der Waals surface area contributed by atoms with Gasteiger partial charge < -0.3 is 20.4 Å². The standard InChI is InChI=1S/C28H33ClN6O2S/c1-3-30-28(37)35-15-14-34(18-20(35)2)25-17-24(29)32-27(33-25)38-19-26(36)31-23(22-12-8-5-9-13-22)16-21-10-6-4-7-11-21/h4-13,17,20,23H,3,14-16,18-19H2,1-2H3,(H,30,37)(H,31,36)/t20-,23+/m1/s1. The van der Waals surface area contributed by atoms with Crippen molar-refractivity contribution >= 4 is 41.1 Å². The van der Waals surface area contributed by atoms with Crippen molar-refractivity contribution in [1.82, 2.24) is 25.5 Å². The molecule has 2 aromatic carbocycles. The lowest BCUT2D eigenvalue weighted by Gasteiger charge is -2.40. The number of amides is 3. The molecule has 10 heteroatoms. The number of rotatable bonds is 9. The number of nitrogens with zero attached hydrogens (tertiary/aromatic N) is 4. The predicted molar refractivity (Wildman–Crippen MR) is 153 cm³/mol. The lowest BCUT2D eigenvalue weighted by molar-refractivity contribution is -0.119. The third-order valence-electron chi connectivity index (χ3n) is 6.35. The molecule has 2 heterocycles. The first kappa shape index (κ1) is 27.7. The number of benzene rings is 2. The largest absolute Gasteiger partial charge is 0.353 e. The Morgan fingerprint density at radius 1 is 1.08 bits per heavy atom. The maximum Gasteiger partial charge on any atom is 0.317 e. The maximum absolute atomic E-state index is 13.0.